The Hall–Kier alpha value is -2.86. The van der Waals surface area contributed by atoms with Crippen molar-refractivity contribution in [1.82, 2.24) is 15.1 Å². The Labute approximate surface area is 227 Å². The fourth-order valence-corrected chi connectivity index (χ4v) is 6.66. The predicted molar refractivity (Wildman–Crippen MR) is 150 cm³/mol. The Bertz CT molecular complexity index is 1090. The number of nitrogens with one attached hydrogen (secondary N) is 1. The predicted octanol–water partition coefficient (Wildman–Crippen LogP) is 5.55. The highest BCUT2D eigenvalue weighted by Crippen LogP contribution is 2.46. The van der Waals surface area contributed by atoms with Crippen LogP contribution in [0, 0.1) is 5.92 Å². The fraction of sp³-hybridized carbons (Fsp3) is 0.562. The number of carbonyl (C=O) groups excluding carboxylic acids is 2. The molecule has 2 fully saturated rings. The summed E-state index contributed by atoms with van der Waals surface area (Å²) in [5.74, 6) is 1.21. The molecule has 1 saturated heterocycles. The van der Waals surface area contributed by atoms with Crippen LogP contribution >= 0.6 is 0 Å². The number of benzene rings is 2. The van der Waals surface area contributed by atoms with E-state index in [0.29, 0.717) is 12.1 Å². The van der Waals surface area contributed by atoms with Crippen molar-refractivity contribution in [3.63, 3.8) is 0 Å². The molecule has 0 aromatic heterocycles. The Kier molecular flexibility index (Phi) is 8.68. The topological polar surface area (TPSA) is 61.9 Å². The summed E-state index contributed by atoms with van der Waals surface area (Å²) in [4.78, 5) is 32.6. The van der Waals surface area contributed by atoms with Crippen molar-refractivity contribution >= 4 is 11.8 Å². The largest absolute Gasteiger partial charge is 0.497 e. The maximum atomic E-state index is 14.0. The first kappa shape index (κ1) is 26.7. The van der Waals surface area contributed by atoms with Gasteiger partial charge >= 0.3 is 0 Å². The second-order valence-electron chi connectivity index (χ2n) is 11.5. The van der Waals surface area contributed by atoms with E-state index in [9.17, 15) is 9.59 Å². The molecular formula is C32H43N3O3. The molecule has 6 nitrogen and oxygen atoms in total. The highest BCUT2D eigenvalue weighted by Gasteiger charge is 2.46. The zero-order chi connectivity index (χ0) is 26.5. The average Bonchev–Trinajstić information content (AvgIpc) is 2.96. The van der Waals surface area contributed by atoms with E-state index >= 15 is 0 Å². The number of nitrogens with zero attached hydrogens (tertiary/aromatic N) is 2. The number of rotatable bonds is 8. The first-order valence-electron chi connectivity index (χ1n) is 14.6. The van der Waals surface area contributed by atoms with E-state index in [1.54, 1.807) is 7.11 Å². The van der Waals surface area contributed by atoms with Crippen LogP contribution in [0.4, 0.5) is 0 Å². The van der Waals surface area contributed by atoms with E-state index in [0.717, 1.165) is 74.5 Å². The van der Waals surface area contributed by atoms with Crippen molar-refractivity contribution in [3.8, 4) is 5.75 Å². The second-order valence-corrected chi connectivity index (χ2v) is 11.5. The van der Waals surface area contributed by atoms with E-state index in [1.807, 2.05) is 48.5 Å². The molecule has 38 heavy (non-hydrogen) atoms. The quantitative estimate of drug-likeness (QED) is 0.467. The summed E-state index contributed by atoms with van der Waals surface area (Å²) in [7, 11) is 1.66. The van der Waals surface area contributed by atoms with Crippen LogP contribution in [0.2, 0.25) is 0 Å². The highest BCUT2D eigenvalue weighted by atomic mass is 16.5. The molecule has 1 saturated carbocycles. The SMILES string of the molecule is COc1ccc([C@H]2[C@@H](C(=O)NCCCN3CCC(C)CC3)c3ccccc3C(=O)N2C2CCCCC2)cc1. The molecule has 6 heteroatoms. The smallest absolute Gasteiger partial charge is 0.254 e. The molecule has 204 valence electrons. The van der Waals surface area contributed by atoms with Gasteiger partial charge in [-0.2, -0.15) is 0 Å². The van der Waals surface area contributed by atoms with Gasteiger partial charge in [0.2, 0.25) is 5.91 Å². The Morgan fingerprint density at radius 1 is 0.974 bits per heavy atom. The van der Waals surface area contributed by atoms with Crippen molar-refractivity contribution in [2.75, 3.05) is 33.3 Å². The van der Waals surface area contributed by atoms with Crippen LogP contribution in [-0.2, 0) is 4.79 Å². The lowest BCUT2D eigenvalue weighted by molar-refractivity contribution is -0.124. The summed E-state index contributed by atoms with van der Waals surface area (Å²) in [6.45, 7) is 6.31. The van der Waals surface area contributed by atoms with Crippen molar-refractivity contribution in [2.24, 2.45) is 5.92 Å². The number of methoxy groups -OCH3 is 1. The first-order valence-corrected chi connectivity index (χ1v) is 14.6. The number of likely N-dealkylation sites (tertiary alicyclic amines) is 1. The Morgan fingerprint density at radius 2 is 1.68 bits per heavy atom. The summed E-state index contributed by atoms with van der Waals surface area (Å²) < 4.78 is 5.41. The van der Waals surface area contributed by atoms with E-state index in [-0.39, 0.29) is 23.9 Å². The molecule has 2 aromatic carbocycles. The van der Waals surface area contributed by atoms with Gasteiger partial charge in [-0.05, 0) is 87.0 Å². The summed E-state index contributed by atoms with van der Waals surface area (Å²) in [6.07, 6.45) is 8.90. The van der Waals surface area contributed by atoms with Crippen LogP contribution in [0.1, 0.15) is 91.7 Å². The van der Waals surface area contributed by atoms with Crippen molar-refractivity contribution in [3.05, 3.63) is 65.2 Å². The number of amides is 2. The maximum absolute atomic E-state index is 14.0. The molecule has 0 radical (unpaired) electrons. The van der Waals surface area contributed by atoms with Gasteiger partial charge in [0.05, 0.1) is 19.1 Å². The monoisotopic (exact) mass is 517 g/mol. The summed E-state index contributed by atoms with van der Waals surface area (Å²) >= 11 is 0. The number of hydrogen-bond acceptors (Lipinski definition) is 4. The van der Waals surface area contributed by atoms with Crippen LogP contribution in [0.3, 0.4) is 0 Å². The summed E-state index contributed by atoms with van der Waals surface area (Å²) in [5.41, 5.74) is 2.50. The van der Waals surface area contributed by atoms with Crippen LogP contribution in [-0.4, -0.2) is 60.9 Å². The third-order valence-corrected chi connectivity index (χ3v) is 8.91. The van der Waals surface area contributed by atoms with Gasteiger partial charge in [0.15, 0.2) is 0 Å². The highest BCUT2D eigenvalue weighted by molar-refractivity contribution is 6.01. The standard InChI is InChI=1S/C32H43N3O3/c1-23-17-21-34(22-18-23)20-8-19-33-31(36)29-27-11-6-7-12-28(27)32(37)35(25-9-4-3-5-10-25)30(29)24-13-15-26(38-2)16-14-24/h6-7,11-16,23,25,29-30H,3-5,8-10,17-22H2,1-2H3,(H,33,36)/t29-,30-/m0/s1. The van der Waals surface area contributed by atoms with Crippen molar-refractivity contribution < 1.29 is 14.3 Å². The van der Waals surface area contributed by atoms with E-state index in [4.69, 9.17) is 4.74 Å². The average molecular weight is 518 g/mol. The number of carbonyl (C=O) groups is 2. The lowest BCUT2D eigenvalue weighted by Gasteiger charge is -2.46. The van der Waals surface area contributed by atoms with Gasteiger partial charge in [-0.25, -0.2) is 0 Å². The molecule has 2 amide bonds. The lowest BCUT2D eigenvalue weighted by Crippen LogP contribution is -2.52. The molecule has 1 N–H and O–H groups in total. The Balaban J connectivity index is 1.41. The van der Waals surface area contributed by atoms with E-state index < -0.39 is 5.92 Å². The van der Waals surface area contributed by atoms with Crippen LogP contribution in [0.25, 0.3) is 0 Å². The molecule has 0 unspecified atom stereocenters. The maximum Gasteiger partial charge on any atom is 0.254 e. The fourth-order valence-electron chi connectivity index (χ4n) is 6.66. The van der Waals surface area contributed by atoms with Crippen molar-refractivity contribution in [2.45, 2.75) is 76.3 Å². The molecule has 0 spiro atoms. The third kappa shape index (κ3) is 5.75. The third-order valence-electron chi connectivity index (χ3n) is 8.91. The molecule has 1 aliphatic carbocycles. The lowest BCUT2D eigenvalue weighted by atomic mass is 9.77. The van der Waals surface area contributed by atoms with E-state index in [2.05, 4.69) is 22.0 Å². The molecule has 2 heterocycles. The molecule has 5 rings (SSSR count). The normalized spacial score (nSPS) is 23.2. The summed E-state index contributed by atoms with van der Waals surface area (Å²) in [5, 5.41) is 3.27. The van der Waals surface area contributed by atoms with Crippen molar-refractivity contribution in [1.29, 1.82) is 0 Å². The van der Waals surface area contributed by atoms with E-state index in [1.165, 1.54) is 19.3 Å². The zero-order valence-electron chi connectivity index (χ0n) is 23.0. The van der Waals surface area contributed by atoms with Gasteiger partial charge in [-0.15, -0.1) is 0 Å². The molecule has 2 atom stereocenters. The Morgan fingerprint density at radius 3 is 2.39 bits per heavy atom. The van der Waals surface area contributed by atoms with Crippen LogP contribution in [0.5, 0.6) is 5.75 Å². The van der Waals surface area contributed by atoms with Crippen LogP contribution < -0.4 is 10.1 Å². The second kappa shape index (κ2) is 12.3. The minimum Gasteiger partial charge on any atom is -0.497 e. The number of piperidine rings is 1. The van der Waals surface area contributed by atoms with Gasteiger partial charge < -0.3 is 19.9 Å². The van der Waals surface area contributed by atoms with Crippen LogP contribution in [0.15, 0.2) is 48.5 Å². The molecule has 2 aliphatic heterocycles. The zero-order valence-corrected chi connectivity index (χ0v) is 23.0. The van der Waals surface area contributed by atoms with Gasteiger partial charge in [-0.1, -0.05) is 56.5 Å². The molecule has 3 aliphatic rings. The van der Waals surface area contributed by atoms with Gasteiger partial charge in [0.1, 0.15) is 5.75 Å². The number of ether oxygens (including phenoxy) is 1. The molecular weight excluding hydrogens is 474 g/mol. The minimum atomic E-state index is -0.449. The number of fused-ring (bicyclic) bond motifs is 1. The van der Waals surface area contributed by atoms with Gasteiger partial charge in [0.25, 0.3) is 5.91 Å². The number of hydrogen-bond donors (Lipinski definition) is 1. The molecule has 0 bridgehead atoms. The minimum absolute atomic E-state index is 0.0128. The van der Waals surface area contributed by atoms with Gasteiger partial charge in [0, 0.05) is 18.2 Å². The first-order chi connectivity index (χ1) is 18.6. The summed E-state index contributed by atoms with van der Waals surface area (Å²) in [6, 6.07) is 15.5. The van der Waals surface area contributed by atoms with Gasteiger partial charge in [-0.3, -0.25) is 9.59 Å². The molecule has 2 aromatic rings.